The Morgan fingerprint density at radius 3 is 2.28 bits per heavy atom. The van der Waals surface area contributed by atoms with Crippen LogP contribution in [0.4, 0.5) is 4.39 Å². The highest BCUT2D eigenvalue weighted by Crippen LogP contribution is 2.17. The van der Waals surface area contributed by atoms with Crippen LogP contribution in [0, 0.1) is 11.7 Å². The number of hydrogen-bond donors (Lipinski definition) is 1. The summed E-state index contributed by atoms with van der Waals surface area (Å²) in [5.41, 5.74) is 0. The van der Waals surface area contributed by atoms with Gasteiger partial charge in [0.25, 0.3) is 0 Å². The third-order valence-electron chi connectivity index (χ3n) is 2.70. The van der Waals surface area contributed by atoms with Crippen LogP contribution < -0.4 is 10.1 Å². The largest absolute Gasteiger partial charge is 0.426 e. The van der Waals surface area contributed by atoms with Crippen molar-refractivity contribution in [1.82, 2.24) is 5.32 Å². The molecule has 1 aromatic rings. The van der Waals surface area contributed by atoms with Crippen molar-refractivity contribution in [2.45, 2.75) is 12.8 Å². The third kappa shape index (κ3) is 4.80. The van der Waals surface area contributed by atoms with Crippen LogP contribution in [0.2, 0.25) is 0 Å². The van der Waals surface area contributed by atoms with Gasteiger partial charge in [0, 0.05) is 0 Å². The molecule has 1 aliphatic rings. The minimum atomic E-state index is -0.332. The summed E-state index contributed by atoms with van der Waals surface area (Å²) in [4.78, 5) is 11.7. The Bertz CT molecular complexity index is 367. The lowest BCUT2D eigenvalue weighted by atomic mass is 9.98. The van der Waals surface area contributed by atoms with E-state index in [9.17, 15) is 9.18 Å². The van der Waals surface area contributed by atoms with Gasteiger partial charge in [0.15, 0.2) is 0 Å². The predicted octanol–water partition coefficient (Wildman–Crippen LogP) is 2.57. The molecule has 1 aliphatic heterocycles. The number of esters is 1. The highest BCUT2D eigenvalue weighted by molar-refractivity contribution is 5.85. The van der Waals surface area contributed by atoms with Crippen LogP contribution in [0.1, 0.15) is 12.8 Å². The molecule has 1 aromatic carbocycles. The summed E-state index contributed by atoms with van der Waals surface area (Å²) in [5.74, 6) is -0.175. The fourth-order valence-corrected chi connectivity index (χ4v) is 1.76. The second-order valence-corrected chi connectivity index (χ2v) is 3.90. The smallest absolute Gasteiger partial charge is 0.314 e. The van der Waals surface area contributed by atoms with Gasteiger partial charge in [0.1, 0.15) is 11.6 Å². The molecule has 0 saturated carbocycles. The average Bonchev–Trinajstić information content (AvgIpc) is 2.33. The first-order valence-electron chi connectivity index (χ1n) is 5.44. The van der Waals surface area contributed by atoms with Crippen LogP contribution in [0.25, 0.3) is 0 Å². The molecule has 1 heterocycles. The predicted molar refractivity (Wildman–Crippen MR) is 72.1 cm³/mol. The van der Waals surface area contributed by atoms with Crippen LogP contribution in [0.5, 0.6) is 5.75 Å². The first-order valence-corrected chi connectivity index (χ1v) is 5.44. The number of hydrogen-bond acceptors (Lipinski definition) is 3. The summed E-state index contributed by atoms with van der Waals surface area (Å²) in [7, 11) is 0. The van der Waals surface area contributed by atoms with Crippen molar-refractivity contribution in [2.75, 3.05) is 13.1 Å². The van der Waals surface area contributed by atoms with Gasteiger partial charge in [-0.3, -0.25) is 4.79 Å². The van der Waals surface area contributed by atoms with E-state index in [2.05, 4.69) is 5.32 Å². The summed E-state index contributed by atoms with van der Waals surface area (Å²) in [6.07, 6.45) is 1.61. The lowest BCUT2D eigenvalue weighted by Crippen LogP contribution is -2.33. The van der Waals surface area contributed by atoms with Gasteiger partial charge in [0.05, 0.1) is 5.92 Å². The minimum Gasteiger partial charge on any atom is -0.426 e. The SMILES string of the molecule is Cl.Cl.O=C(Oc1ccc(F)cc1)C1CCNCC1. The van der Waals surface area contributed by atoms with Crippen LogP contribution >= 0.6 is 24.8 Å². The molecule has 0 amide bonds. The summed E-state index contributed by atoms with van der Waals surface area (Å²) in [5, 5.41) is 3.18. The quantitative estimate of drug-likeness (QED) is 0.673. The van der Waals surface area contributed by atoms with E-state index in [4.69, 9.17) is 4.74 Å². The fourth-order valence-electron chi connectivity index (χ4n) is 1.76. The molecule has 0 radical (unpaired) electrons. The number of piperidine rings is 1. The van der Waals surface area contributed by atoms with Crippen molar-refractivity contribution in [3.05, 3.63) is 30.1 Å². The first kappa shape index (κ1) is 17.2. The summed E-state index contributed by atoms with van der Waals surface area (Å²) < 4.78 is 17.8. The second-order valence-electron chi connectivity index (χ2n) is 3.90. The first-order chi connectivity index (χ1) is 7.75. The maximum atomic E-state index is 12.6. The highest BCUT2D eigenvalue weighted by atomic mass is 35.5. The molecule has 0 aromatic heterocycles. The molecule has 2 rings (SSSR count). The second kappa shape index (κ2) is 8.29. The van der Waals surface area contributed by atoms with Gasteiger partial charge in [-0.25, -0.2) is 4.39 Å². The number of rotatable bonds is 2. The number of carbonyl (C=O) groups excluding carboxylic acids is 1. The van der Waals surface area contributed by atoms with E-state index in [1.54, 1.807) is 0 Å². The van der Waals surface area contributed by atoms with E-state index in [0.29, 0.717) is 5.75 Å². The molecule has 3 nitrogen and oxygen atoms in total. The van der Waals surface area contributed by atoms with Gasteiger partial charge in [-0.15, -0.1) is 24.8 Å². The molecule has 0 atom stereocenters. The topological polar surface area (TPSA) is 38.3 Å². The molecule has 0 aliphatic carbocycles. The summed E-state index contributed by atoms with van der Waals surface area (Å²) >= 11 is 0. The molecule has 0 unspecified atom stereocenters. The molecule has 1 fully saturated rings. The molecule has 0 spiro atoms. The lowest BCUT2D eigenvalue weighted by Gasteiger charge is -2.20. The number of nitrogens with one attached hydrogen (secondary N) is 1. The minimum absolute atomic E-state index is 0. The van der Waals surface area contributed by atoms with Crippen molar-refractivity contribution < 1.29 is 13.9 Å². The van der Waals surface area contributed by atoms with Gasteiger partial charge in [-0.05, 0) is 50.2 Å². The number of benzene rings is 1. The zero-order valence-corrected chi connectivity index (χ0v) is 11.4. The summed E-state index contributed by atoms with van der Waals surface area (Å²) in [6.45, 7) is 1.70. The van der Waals surface area contributed by atoms with Crippen LogP contribution in [0.3, 0.4) is 0 Å². The van der Waals surface area contributed by atoms with Gasteiger partial charge < -0.3 is 10.1 Å². The number of carbonyl (C=O) groups is 1. The van der Waals surface area contributed by atoms with E-state index in [1.165, 1.54) is 24.3 Å². The highest BCUT2D eigenvalue weighted by Gasteiger charge is 2.22. The van der Waals surface area contributed by atoms with E-state index in [0.717, 1.165) is 25.9 Å². The molecule has 18 heavy (non-hydrogen) atoms. The molecule has 1 saturated heterocycles. The van der Waals surface area contributed by atoms with E-state index < -0.39 is 0 Å². The number of halogens is 3. The molecular weight excluding hydrogens is 280 g/mol. The monoisotopic (exact) mass is 295 g/mol. The van der Waals surface area contributed by atoms with Crippen LogP contribution in [0.15, 0.2) is 24.3 Å². The Labute approximate surface area is 118 Å². The normalized spacial score (nSPS) is 15.2. The Kier molecular flexibility index (Phi) is 7.91. The van der Waals surface area contributed by atoms with E-state index >= 15 is 0 Å². The van der Waals surface area contributed by atoms with Crippen LogP contribution in [-0.2, 0) is 4.79 Å². The Hall–Kier alpha value is -0.840. The maximum Gasteiger partial charge on any atom is 0.314 e. The van der Waals surface area contributed by atoms with Gasteiger partial charge >= 0.3 is 5.97 Å². The summed E-state index contributed by atoms with van der Waals surface area (Å²) in [6, 6.07) is 5.50. The van der Waals surface area contributed by atoms with Gasteiger partial charge in [0.2, 0.25) is 0 Å². The van der Waals surface area contributed by atoms with Crippen molar-refractivity contribution in [1.29, 1.82) is 0 Å². The molecule has 6 heteroatoms. The zero-order chi connectivity index (χ0) is 11.4. The van der Waals surface area contributed by atoms with E-state index in [-0.39, 0.29) is 42.5 Å². The van der Waals surface area contributed by atoms with Crippen molar-refractivity contribution in [2.24, 2.45) is 5.92 Å². The van der Waals surface area contributed by atoms with E-state index in [1.807, 2.05) is 0 Å². The Morgan fingerprint density at radius 2 is 1.72 bits per heavy atom. The molecular formula is C12H16Cl2FNO2. The maximum absolute atomic E-state index is 12.6. The van der Waals surface area contributed by atoms with Crippen molar-refractivity contribution in [3.8, 4) is 5.75 Å². The molecule has 102 valence electrons. The lowest BCUT2D eigenvalue weighted by molar-refractivity contribution is -0.139. The van der Waals surface area contributed by atoms with Gasteiger partial charge in [-0.2, -0.15) is 0 Å². The Balaban J connectivity index is 0.00000144. The van der Waals surface area contributed by atoms with Gasteiger partial charge in [-0.1, -0.05) is 0 Å². The molecule has 0 bridgehead atoms. The third-order valence-corrected chi connectivity index (χ3v) is 2.70. The van der Waals surface area contributed by atoms with Crippen molar-refractivity contribution in [3.63, 3.8) is 0 Å². The van der Waals surface area contributed by atoms with Crippen LogP contribution in [-0.4, -0.2) is 19.1 Å². The van der Waals surface area contributed by atoms with Crippen molar-refractivity contribution >= 4 is 30.8 Å². The zero-order valence-electron chi connectivity index (χ0n) is 9.73. The fraction of sp³-hybridized carbons (Fsp3) is 0.417. The standard InChI is InChI=1S/C12H14FNO2.2ClH/c13-10-1-3-11(4-2-10)16-12(15)9-5-7-14-8-6-9;;/h1-4,9,14H,5-8H2;2*1H. The Morgan fingerprint density at radius 1 is 1.17 bits per heavy atom. The average molecular weight is 296 g/mol. The number of ether oxygens (including phenoxy) is 1. The molecule has 1 N–H and O–H groups in total.